The monoisotopic (exact) mass is 193 g/mol. The third-order valence-electron chi connectivity index (χ3n) is 0.988. The van der Waals surface area contributed by atoms with E-state index in [0.717, 1.165) is 6.26 Å². The molecule has 0 aliphatic carbocycles. The van der Waals surface area contributed by atoms with Gasteiger partial charge < -0.3 is 4.42 Å². The van der Waals surface area contributed by atoms with Gasteiger partial charge in [0.25, 0.3) is 0 Å². The van der Waals surface area contributed by atoms with Gasteiger partial charge in [-0.15, -0.1) is 11.8 Å². The van der Waals surface area contributed by atoms with E-state index in [1.807, 2.05) is 0 Å². The molecule has 1 aromatic heterocycles. The molecule has 0 bridgehead atoms. The van der Waals surface area contributed by atoms with Gasteiger partial charge in [-0.05, 0) is 6.26 Å². The lowest BCUT2D eigenvalue weighted by molar-refractivity contribution is 0.431. The second-order valence-electron chi connectivity index (χ2n) is 1.93. The van der Waals surface area contributed by atoms with Crippen LogP contribution in [0.3, 0.4) is 0 Å². The lowest BCUT2D eigenvalue weighted by atomic mass is 11.0. The van der Waals surface area contributed by atoms with Gasteiger partial charge >= 0.3 is 5.22 Å². The molecule has 0 saturated carbocycles. The van der Waals surface area contributed by atoms with Gasteiger partial charge in [-0.1, -0.05) is 0 Å². The first-order valence-corrected chi connectivity index (χ1v) is 5.85. The van der Waals surface area contributed by atoms with Gasteiger partial charge in [-0.3, -0.25) is 0 Å². The molecule has 0 atom stereocenters. The lowest BCUT2D eigenvalue weighted by Crippen LogP contribution is -1.96. The molecule has 6 heteroatoms. The average Bonchev–Trinajstić information content (AvgIpc) is 2.32. The molecule has 0 N–H and O–H groups in total. The number of aromatic nitrogens is 1. The Morgan fingerprint density at radius 2 is 2.27 bits per heavy atom. The van der Waals surface area contributed by atoms with Crippen LogP contribution in [0.5, 0.6) is 0 Å². The van der Waals surface area contributed by atoms with Gasteiger partial charge in [0, 0.05) is 6.26 Å². The Kier molecular flexibility index (Phi) is 2.24. The van der Waals surface area contributed by atoms with Crippen LogP contribution in [0, 0.1) is 0 Å². The maximum Gasteiger partial charge on any atom is 0.315 e. The molecule has 0 fully saturated rings. The van der Waals surface area contributed by atoms with Crippen molar-refractivity contribution in [3.8, 4) is 0 Å². The van der Waals surface area contributed by atoms with Gasteiger partial charge in [-0.25, -0.2) is 8.42 Å². The molecule has 1 rings (SSSR count). The summed E-state index contributed by atoms with van der Waals surface area (Å²) in [6.45, 7) is 0. The molecular weight excluding hydrogens is 186 g/mol. The lowest BCUT2D eigenvalue weighted by Gasteiger charge is -1.85. The summed E-state index contributed by atoms with van der Waals surface area (Å²) in [7, 11) is -3.28. The highest BCUT2D eigenvalue weighted by Crippen LogP contribution is 2.15. The number of nitrogens with zero attached hydrogens (tertiary/aromatic N) is 1. The summed E-state index contributed by atoms with van der Waals surface area (Å²) < 4.78 is 26.3. The SMILES string of the molecule is CSc1coc(S(C)(=O)=O)n1. The van der Waals surface area contributed by atoms with E-state index in [1.165, 1.54) is 18.0 Å². The van der Waals surface area contributed by atoms with E-state index < -0.39 is 9.84 Å². The van der Waals surface area contributed by atoms with Crippen LogP contribution in [0.2, 0.25) is 0 Å². The fourth-order valence-electron chi connectivity index (χ4n) is 0.508. The van der Waals surface area contributed by atoms with Crippen LogP contribution in [-0.2, 0) is 9.84 Å². The number of sulfone groups is 1. The Hall–Kier alpha value is -0.490. The molecule has 1 aromatic rings. The van der Waals surface area contributed by atoms with E-state index in [4.69, 9.17) is 4.42 Å². The molecule has 0 saturated heterocycles. The van der Waals surface area contributed by atoms with Crippen LogP contribution in [0.25, 0.3) is 0 Å². The van der Waals surface area contributed by atoms with E-state index in [0.29, 0.717) is 5.03 Å². The van der Waals surface area contributed by atoms with Gasteiger partial charge in [0.1, 0.15) is 11.3 Å². The summed E-state index contributed by atoms with van der Waals surface area (Å²) in [5.41, 5.74) is 0. The van der Waals surface area contributed by atoms with Crippen LogP contribution in [0.15, 0.2) is 20.9 Å². The molecule has 0 aromatic carbocycles. The third-order valence-corrected chi connectivity index (χ3v) is 2.42. The number of hydrogen-bond acceptors (Lipinski definition) is 5. The van der Waals surface area contributed by atoms with Crippen LogP contribution in [-0.4, -0.2) is 25.9 Å². The number of thioether (sulfide) groups is 1. The minimum Gasteiger partial charge on any atom is -0.435 e. The maximum atomic E-state index is 10.8. The summed E-state index contributed by atoms with van der Waals surface area (Å²) in [6.07, 6.45) is 4.17. The zero-order valence-electron chi connectivity index (χ0n) is 6.07. The first-order chi connectivity index (χ1) is 5.04. The van der Waals surface area contributed by atoms with Crippen LogP contribution in [0.1, 0.15) is 0 Å². The molecule has 0 amide bonds. The summed E-state index contributed by atoms with van der Waals surface area (Å²) in [5.74, 6) is 0. The first-order valence-electron chi connectivity index (χ1n) is 2.73. The van der Waals surface area contributed by atoms with E-state index in [-0.39, 0.29) is 5.22 Å². The van der Waals surface area contributed by atoms with Crippen molar-refractivity contribution in [1.82, 2.24) is 4.98 Å². The zero-order chi connectivity index (χ0) is 8.48. The summed E-state index contributed by atoms with van der Waals surface area (Å²) in [6, 6.07) is 0. The van der Waals surface area contributed by atoms with Crippen molar-refractivity contribution in [2.24, 2.45) is 0 Å². The van der Waals surface area contributed by atoms with Crippen molar-refractivity contribution >= 4 is 21.6 Å². The normalized spacial score (nSPS) is 11.8. The quantitative estimate of drug-likeness (QED) is 0.650. The second kappa shape index (κ2) is 2.86. The molecule has 4 nitrogen and oxygen atoms in total. The summed E-state index contributed by atoms with van der Waals surface area (Å²) in [5, 5.41) is 0.354. The van der Waals surface area contributed by atoms with Crippen LogP contribution >= 0.6 is 11.8 Å². The predicted octanol–water partition coefficient (Wildman–Crippen LogP) is 0.800. The molecule has 0 aliphatic rings. The van der Waals surface area contributed by atoms with Crippen molar-refractivity contribution in [3.05, 3.63) is 6.26 Å². The first kappa shape index (κ1) is 8.61. The molecule has 0 radical (unpaired) electrons. The minimum absolute atomic E-state index is 0.221. The standard InChI is InChI=1S/C5H7NO3S2/c1-10-4-3-9-5(6-4)11(2,7)8/h3H,1-2H3. The summed E-state index contributed by atoms with van der Waals surface area (Å²) >= 11 is 1.34. The Morgan fingerprint density at radius 1 is 1.64 bits per heavy atom. The number of rotatable bonds is 2. The molecule has 0 spiro atoms. The third kappa shape index (κ3) is 1.97. The number of hydrogen-bond donors (Lipinski definition) is 0. The highest BCUT2D eigenvalue weighted by molar-refractivity contribution is 7.98. The van der Waals surface area contributed by atoms with Gasteiger partial charge in [-0.2, -0.15) is 4.98 Å². The van der Waals surface area contributed by atoms with E-state index in [1.54, 1.807) is 6.26 Å². The topological polar surface area (TPSA) is 60.2 Å². The largest absolute Gasteiger partial charge is 0.435 e. The fourth-order valence-corrected chi connectivity index (χ4v) is 1.37. The van der Waals surface area contributed by atoms with E-state index in [9.17, 15) is 8.42 Å². The van der Waals surface area contributed by atoms with Crippen molar-refractivity contribution < 1.29 is 12.8 Å². The maximum absolute atomic E-state index is 10.8. The Balaban J connectivity index is 3.09. The molecular formula is C5H7NO3S2. The van der Waals surface area contributed by atoms with Crippen LogP contribution < -0.4 is 0 Å². The smallest absolute Gasteiger partial charge is 0.315 e. The Bertz CT molecular complexity index is 340. The Labute approximate surface area is 68.9 Å². The molecule has 0 unspecified atom stereocenters. The van der Waals surface area contributed by atoms with Crippen molar-refractivity contribution in [2.75, 3.05) is 12.5 Å². The summed E-state index contributed by atoms with van der Waals surface area (Å²) in [4.78, 5) is 3.71. The van der Waals surface area contributed by atoms with Gasteiger partial charge in [0.2, 0.25) is 9.84 Å². The highest BCUT2D eigenvalue weighted by Gasteiger charge is 2.13. The molecule has 11 heavy (non-hydrogen) atoms. The van der Waals surface area contributed by atoms with Crippen molar-refractivity contribution in [1.29, 1.82) is 0 Å². The fraction of sp³-hybridized carbons (Fsp3) is 0.400. The number of oxazole rings is 1. The van der Waals surface area contributed by atoms with Crippen molar-refractivity contribution in [3.63, 3.8) is 0 Å². The molecule has 0 aliphatic heterocycles. The highest BCUT2D eigenvalue weighted by atomic mass is 32.2. The van der Waals surface area contributed by atoms with E-state index >= 15 is 0 Å². The van der Waals surface area contributed by atoms with Crippen molar-refractivity contribution in [2.45, 2.75) is 10.2 Å². The molecule has 1 heterocycles. The molecule has 62 valence electrons. The predicted molar refractivity (Wildman–Crippen MR) is 41.4 cm³/mol. The van der Waals surface area contributed by atoms with E-state index in [2.05, 4.69) is 4.98 Å². The Morgan fingerprint density at radius 3 is 2.55 bits per heavy atom. The average molecular weight is 193 g/mol. The minimum atomic E-state index is -3.28. The zero-order valence-corrected chi connectivity index (χ0v) is 7.70. The second-order valence-corrected chi connectivity index (χ2v) is 4.65. The van der Waals surface area contributed by atoms with Gasteiger partial charge in [0.15, 0.2) is 0 Å². The van der Waals surface area contributed by atoms with Gasteiger partial charge in [0.05, 0.1) is 0 Å². The van der Waals surface area contributed by atoms with Crippen LogP contribution in [0.4, 0.5) is 0 Å².